The minimum absolute atomic E-state index is 0.00959. The molecule has 1 amide bonds. The lowest BCUT2D eigenvalue weighted by Gasteiger charge is -2.26. The molecule has 0 aromatic carbocycles. The number of nitriles is 1. The molecule has 0 aliphatic heterocycles. The van der Waals surface area contributed by atoms with E-state index >= 15 is 0 Å². The number of carbonyl (C=O) groups excluding carboxylic acids is 1. The monoisotopic (exact) mass is 405 g/mol. The van der Waals surface area contributed by atoms with Crippen LogP contribution in [0.25, 0.3) is 6.08 Å². The highest BCUT2D eigenvalue weighted by molar-refractivity contribution is 7.91. The third kappa shape index (κ3) is 5.48. The zero-order chi connectivity index (χ0) is 20.9. The first-order valence-electron chi connectivity index (χ1n) is 10.00. The summed E-state index contributed by atoms with van der Waals surface area (Å²) in [5.74, 6) is -0.644. The van der Waals surface area contributed by atoms with Gasteiger partial charge in [-0.1, -0.05) is 26.2 Å². The normalized spacial score (nSPS) is 17.2. The van der Waals surface area contributed by atoms with E-state index in [1.807, 2.05) is 19.1 Å². The topological polar surface area (TPSA) is 92.0 Å². The third-order valence-corrected chi connectivity index (χ3v) is 7.34. The Morgan fingerprint density at radius 2 is 2.00 bits per heavy atom. The first kappa shape index (κ1) is 22.2. The van der Waals surface area contributed by atoms with E-state index in [0.717, 1.165) is 29.8 Å². The molecule has 1 fully saturated rings. The molecule has 1 aliphatic carbocycles. The maximum absolute atomic E-state index is 12.5. The van der Waals surface area contributed by atoms with Gasteiger partial charge in [-0.05, 0) is 51.3 Å². The molecule has 0 radical (unpaired) electrons. The summed E-state index contributed by atoms with van der Waals surface area (Å²) in [6, 6.07) is 3.90. The number of carbonyl (C=O) groups is 1. The highest BCUT2D eigenvalue weighted by Gasteiger charge is 2.21. The molecule has 0 spiro atoms. The number of aromatic nitrogens is 1. The first-order valence-corrected chi connectivity index (χ1v) is 11.8. The Morgan fingerprint density at radius 1 is 1.36 bits per heavy atom. The minimum atomic E-state index is -3.20. The van der Waals surface area contributed by atoms with Crippen molar-refractivity contribution in [1.82, 2.24) is 9.88 Å². The van der Waals surface area contributed by atoms with Crippen LogP contribution in [0.15, 0.2) is 11.6 Å². The number of nitrogens with zero attached hydrogens (tertiary/aromatic N) is 2. The van der Waals surface area contributed by atoms with Crippen LogP contribution in [-0.4, -0.2) is 36.4 Å². The Labute approximate surface area is 168 Å². The molecule has 6 nitrogen and oxygen atoms in total. The summed E-state index contributed by atoms with van der Waals surface area (Å²) in [5.41, 5.74) is 3.05. The van der Waals surface area contributed by atoms with Gasteiger partial charge in [0.15, 0.2) is 9.84 Å². The van der Waals surface area contributed by atoms with Gasteiger partial charge in [-0.3, -0.25) is 4.79 Å². The summed E-state index contributed by atoms with van der Waals surface area (Å²) in [6.45, 7) is 7.29. The Balaban J connectivity index is 2.20. The van der Waals surface area contributed by atoms with Crippen molar-refractivity contribution in [2.24, 2.45) is 0 Å². The van der Waals surface area contributed by atoms with Crippen molar-refractivity contribution in [3.63, 3.8) is 0 Å². The second-order valence-corrected chi connectivity index (χ2v) is 10.1. The largest absolute Gasteiger partial charge is 0.348 e. The lowest BCUT2D eigenvalue weighted by Crippen LogP contribution is -2.38. The average molecular weight is 406 g/mol. The fraction of sp³-hybridized carbons (Fsp3) is 0.619. The molecule has 0 bridgehead atoms. The second-order valence-electron chi connectivity index (χ2n) is 7.73. The summed E-state index contributed by atoms with van der Waals surface area (Å²) in [5, 5.41) is 12.1. The predicted molar refractivity (Wildman–Crippen MR) is 112 cm³/mol. The van der Waals surface area contributed by atoms with Crippen molar-refractivity contribution in [3.05, 3.63) is 28.6 Å². The van der Waals surface area contributed by atoms with Gasteiger partial charge in [0.25, 0.3) is 5.91 Å². The van der Waals surface area contributed by atoms with Gasteiger partial charge in [-0.2, -0.15) is 5.26 Å². The fourth-order valence-corrected chi connectivity index (χ4v) is 5.08. The zero-order valence-corrected chi connectivity index (χ0v) is 18.1. The van der Waals surface area contributed by atoms with Crippen LogP contribution in [0.4, 0.5) is 0 Å². The second kappa shape index (κ2) is 9.42. The summed E-state index contributed by atoms with van der Waals surface area (Å²) in [7, 11) is -3.20. The van der Waals surface area contributed by atoms with Crippen molar-refractivity contribution in [3.8, 4) is 6.07 Å². The lowest BCUT2D eigenvalue weighted by molar-refractivity contribution is -0.117. The van der Waals surface area contributed by atoms with Gasteiger partial charge in [-0.25, -0.2) is 8.42 Å². The van der Waals surface area contributed by atoms with Crippen LogP contribution in [0.2, 0.25) is 0 Å². The number of hydrogen-bond donors (Lipinski definition) is 1. The molecule has 1 N–H and O–H groups in total. The third-order valence-electron chi connectivity index (χ3n) is 5.45. The van der Waals surface area contributed by atoms with Gasteiger partial charge >= 0.3 is 0 Å². The molecule has 28 heavy (non-hydrogen) atoms. The fourth-order valence-electron chi connectivity index (χ4n) is 4.00. The van der Waals surface area contributed by atoms with Crippen LogP contribution in [-0.2, 0) is 14.6 Å². The molecular formula is C21H31N3O3S. The Bertz CT molecular complexity index is 885. The molecule has 1 unspecified atom stereocenters. The maximum Gasteiger partial charge on any atom is 0.262 e. The van der Waals surface area contributed by atoms with Gasteiger partial charge in [0.2, 0.25) is 0 Å². The SMILES string of the molecule is CCS(=O)(=O)CC(C)NC(=O)/C(C#N)=C/c1cc(C)n(C2CCCCC2)c1C. The number of nitrogens with one attached hydrogen (secondary N) is 1. The van der Waals surface area contributed by atoms with Crippen LogP contribution in [0.5, 0.6) is 0 Å². The van der Waals surface area contributed by atoms with Crippen LogP contribution in [0, 0.1) is 25.2 Å². The van der Waals surface area contributed by atoms with Gasteiger partial charge in [0.05, 0.1) is 5.75 Å². The van der Waals surface area contributed by atoms with Crippen molar-refractivity contribution < 1.29 is 13.2 Å². The molecule has 7 heteroatoms. The minimum Gasteiger partial charge on any atom is -0.348 e. The molecule has 1 atom stereocenters. The van der Waals surface area contributed by atoms with E-state index in [-0.39, 0.29) is 17.1 Å². The van der Waals surface area contributed by atoms with Crippen LogP contribution in [0.3, 0.4) is 0 Å². The number of hydrogen-bond acceptors (Lipinski definition) is 4. The zero-order valence-electron chi connectivity index (χ0n) is 17.3. The molecular weight excluding hydrogens is 374 g/mol. The summed E-state index contributed by atoms with van der Waals surface area (Å²) >= 11 is 0. The van der Waals surface area contributed by atoms with E-state index in [9.17, 15) is 18.5 Å². The van der Waals surface area contributed by atoms with E-state index in [0.29, 0.717) is 6.04 Å². The van der Waals surface area contributed by atoms with Crippen molar-refractivity contribution in [2.45, 2.75) is 71.9 Å². The van der Waals surface area contributed by atoms with Crippen molar-refractivity contribution in [2.75, 3.05) is 11.5 Å². The molecule has 1 aromatic heterocycles. The average Bonchev–Trinajstić information content (AvgIpc) is 2.93. The number of aryl methyl sites for hydroxylation is 1. The van der Waals surface area contributed by atoms with Crippen molar-refractivity contribution >= 4 is 21.8 Å². The van der Waals surface area contributed by atoms with Crippen LogP contribution >= 0.6 is 0 Å². The molecule has 1 aliphatic rings. The van der Waals surface area contributed by atoms with E-state index in [4.69, 9.17) is 0 Å². The summed E-state index contributed by atoms with van der Waals surface area (Å²) < 4.78 is 25.8. The van der Waals surface area contributed by atoms with Gasteiger partial charge in [0.1, 0.15) is 11.6 Å². The Morgan fingerprint density at radius 3 is 2.57 bits per heavy atom. The predicted octanol–water partition coefficient (Wildman–Crippen LogP) is 3.46. The van der Waals surface area contributed by atoms with Gasteiger partial charge < -0.3 is 9.88 Å². The maximum atomic E-state index is 12.5. The van der Waals surface area contributed by atoms with Crippen LogP contribution in [0.1, 0.15) is 68.9 Å². The standard InChI is InChI=1S/C21H31N3O3S/c1-5-28(26,27)14-15(2)23-21(25)19(13-22)12-18-11-16(3)24(17(18)4)20-9-7-6-8-10-20/h11-12,15,20H,5-10,14H2,1-4H3,(H,23,25)/b19-12+. The first-order chi connectivity index (χ1) is 13.2. The highest BCUT2D eigenvalue weighted by atomic mass is 32.2. The highest BCUT2D eigenvalue weighted by Crippen LogP contribution is 2.32. The Kier molecular flexibility index (Phi) is 7.48. The Hall–Kier alpha value is -2.07. The number of rotatable bonds is 7. The molecule has 1 heterocycles. The summed E-state index contributed by atoms with van der Waals surface area (Å²) in [4.78, 5) is 12.5. The van der Waals surface area contributed by atoms with Gasteiger partial charge in [-0.15, -0.1) is 0 Å². The molecule has 1 aromatic rings. The van der Waals surface area contributed by atoms with Crippen LogP contribution < -0.4 is 5.32 Å². The van der Waals surface area contributed by atoms with E-state index < -0.39 is 21.8 Å². The molecule has 0 saturated heterocycles. The van der Waals surface area contributed by atoms with Crippen molar-refractivity contribution in [1.29, 1.82) is 5.26 Å². The van der Waals surface area contributed by atoms with E-state index in [2.05, 4.69) is 16.8 Å². The molecule has 154 valence electrons. The molecule has 2 rings (SSSR count). The van der Waals surface area contributed by atoms with E-state index in [1.165, 1.54) is 19.3 Å². The van der Waals surface area contributed by atoms with E-state index in [1.54, 1.807) is 19.9 Å². The lowest BCUT2D eigenvalue weighted by atomic mass is 9.95. The molecule has 1 saturated carbocycles. The number of amides is 1. The quantitative estimate of drug-likeness (QED) is 0.555. The van der Waals surface area contributed by atoms with Gasteiger partial charge in [0, 0.05) is 29.2 Å². The summed E-state index contributed by atoms with van der Waals surface area (Å²) in [6.07, 6.45) is 7.68. The smallest absolute Gasteiger partial charge is 0.262 e. The number of sulfone groups is 1.